The second-order valence-corrected chi connectivity index (χ2v) is 8.74. The zero-order chi connectivity index (χ0) is 25.6. The number of carboxylic acid groups (broad SMARTS) is 2. The van der Waals surface area contributed by atoms with Crippen LogP contribution in [0.25, 0.3) is 11.1 Å². The first kappa shape index (κ1) is 28.3. The van der Waals surface area contributed by atoms with E-state index < -0.39 is 18.0 Å². The molecule has 0 spiro atoms. The zero-order valence-electron chi connectivity index (χ0n) is 20.2. The number of rotatable bonds is 11. The highest BCUT2D eigenvalue weighted by Gasteiger charge is 2.16. The summed E-state index contributed by atoms with van der Waals surface area (Å²) in [6.07, 6.45) is 2.98. The smallest absolute Gasteiger partial charge is 0.320 e. The standard InChI is InChI=1S/C19H23N3O2.C7H16N2O2/c20-18(19(23)24)13-15-4-1-2-7-17(15)14-5-3-6-16(12-14)22-10-8-21-9-11-22;8-4-2-1-3-6(9)5-7(10)11/h1-7,12,18,21H,8-11,13,20H2,(H,23,24);6H,1-5,8-9H2,(H,10,11). The molecule has 1 aliphatic heterocycles. The first-order valence-electron chi connectivity index (χ1n) is 12.1. The van der Waals surface area contributed by atoms with Gasteiger partial charge in [0.15, 0.2) is 0 Å². The van der Waals surface area contributed by atoms with Gasteiger partial charge in [0.05, 0.1) is 6.42 Å². The summed E-state index contributed by atoms with van der Waals surface area (Å²) in [5.74, 6) is -1.80. The van der Waals surface area contributed by atoms with Crippen LogP contribution < -0.4 is 27.4 Å². The van der Waals surface area contributed by atoms with Gasteiger partial charge in [-0.1, -0.05) is 42.8 Å². The molecule has 0 aliphatic carbocycles. The molecule has 192 valence electrons. The number of nitrogens with two attached hydrogens (primary N) is 3. The lowest BCUT2D eigenvalue weighted by Gasteiger charge is -2.29. The predicted molar refractivity (Wildman–Crippen MR) is 139 cm³/mol. The average Bonchev–Trinajstić information content (AvgIpc) is 2.85. The van der Waals surface area contributed by atoms with Crippen LogP contribution >= 0.6 is 0 Å². The first-order chi connectivity index (χ1) is 16.8. The van der Waals surface area contributed by atoms with Gasteiger partial charge in [-0.25, -0.2) is 0 Å². The maximum absolute atomic E-state index is 11.1. The summed E-state index contributed by atoms with van der Waals surface area (Å²) in [5.41, 5.74) is 20.8. The summed E-state index contributed by atoms with van der Waals surface area (Å²) < 4.78 is 0. The lowest BCUT2D eigenvalue weighted by Crippen LogP contribution is -2.43. The predicted octanol–water partition coefficient (Wildman–Crippen LogP) is 1.64. The third-order valence-corrected chi connectivity index (χ3v) is 5.88. The van der Waals surface area contributed by atoms with Crippen LogP contribution in [-0.2, 0) is 16.0 Å². The van der Waals surface area contributed by atoms with E-state index in [0.29, 0.717) is 13.0 Å². The van der Waals surface area contributed by atoms with Gasteiger partial charge in [0.1, 0.15) is 6.04 Å². The number of hydrogen-bond acceptors (Lipinski definition) is 7. The van der Waals surface area contributed by atoms with E-state index in [-0.39, 0.29) is 12.5 Å². The Balaban J connectivity index is 0.000000334. The maximum Gasteiger partial charge on any atom is 0.320 e. The van der Waals surface area contributed by atoms with Crippen molar-refractivity contribution in [3.8, 4) is 11.1 Å². The van der Waals surface area contributed by atoms with Crippen molar-refractivity contribution in [2.45, 2.75) is 44.2 Å². The van der Waals surface area contributed by atoms with Crippen LogP contribution in [0.4, 0.5) is 5.69 Å². The fourth-order valence-electron chi connectivity index (χ4n) is 3.97. The third-order valence-electron chi connectivity index (χ3n) is 5.88. The molecule has 35 heavy (non-hydrogen) atoms. The molecule has 0 aromatic heterocycles. The molecule has 2 unspecified atom stereocenters. The molecule has 0 amide bonds. The van der Waals surface area contributed by atoms with Gasteiger partial charge in [0.25, 0.3) is 0 Å². The summed E-state index contributed by atoms with van der Waals surface area (Å²) >= 11 is 0. The topological polar surface area (TPSA) is 168 Å². The van der Waals surface area contributed by atoms with Crippen LogP contribution in [0.5, 0.6) is 0 Å². The molecule has 9 nitrogen and oxygen atoms in total. The van der Waals surface area contributed by atoms with Crippen LogP contribution in [0.2, 0.25) is 0 Å². The molecule has 3 rings (SSSR count). The van der Waals surface area contributed by atoms with Crippen LogP contribution in [0.3, 0.4) is 0 Å². The normalized spacial score (nSPS) is 15.0. The minimum absolute atomic E-state index is 0.0601. The minimum atomic E-state index is -0.973. The number of nitrogens with zero attached hydrogens (tertiary/aromatic N) is 1. The van der Waals surface area contributed by atoms with Gasteiger partial charge in [-0.05, 0) is 54.6 Å². The van der Waals surface area contributed by atoms with E-state index in [1.807, 2.05) is 24.3 Å². The molecule has 0 bridgehead atoms. The van der Waals surface area contributed by atoms with E-state index in [9.17, 15) is 9.59 Å². The quantitative estimate of drug-likeness (QED) is 0.259. The van der Waals surface area contributed by atoms with Crippen molar-refractivity contribution in [2.75, 3.05) is 37.6 Å². The fourth-order valence-corrected chi connectivity index (χ4v) is 3.97. The molecule has 2 aromatic carbocycles. The summed E-state index contributed by atoms with van der Waals surface area (Å²) in [6.45, 7) is 4.63. The molecule has 2 atom stereocenters. The summed E-state index contributed by atoms with van der Waals surface area (Å²) in [6, 6.07) is 15.2. The average molecular weight is 486 g/mol. The molecule has 0 radical (unpaired) electrons. The van der Waals surface area contributed by atoms with Gasteiger partial charge < -0.3 is 37.6 Å². The molecule has 2 aromatic rings. The van der Waals surface area contributed by atoms with Gasteiger partial charge in [-0.3, -0.25) is 9.59 Å². The molecule has 1 fully saturated rings. The Bertz CT molecular complexity index is 933. The largest absolute Gasteiger partial charge is 0.481 e. The van der Waals surface area contributed by atoms with E-state index in [0.717, 1.165) is 62.1 Å². The van der Waals surface area contributed by atoms with Crippen LogP contribution in [0.15, 0.2) is 48.5 Å². The highest BCUT2D eigenvalue weighted by Crippen LogP contribution is 2.28. The minimum Gasteiger partial charge on any atom is -0.481 e. The van der Waals surface area contributed by atoms with Gasteiger partial charge >= 0.3 is 11.9 Å². The van der Waals surface area contributed by atoms with Crippen LogP contribution in [0.1, 0.15) is 31.2 Å². The second kappa shape index (κ2) is 15.1. The maximum atomic E-state index is 11.1. The van der Waals surface area contributed by atoms with Crippen molar-refractivity contribution in [3.05, 3.63) is 54.1 Å². The summed E-state index contributed by atoms with van der Waals surface area (Å²) in [7, 11) is 0. The Kier molecular flexibility index (Phi) is 12.2. The number of hydrogen-bond donors (Lipinski definition) is 6. The number of nitrogens with one attached hydrogen (secondary N) is 1. The number of carboxylic acids is 2. The Hall–Kier alpha value is -2.98. The lowest BCUT2D eigenvalue weighted by molar-refractivity contribution is -0.139. The van der Waals surface area contributed by atoms with Crippen LogP contribution in [-0.4, -0.2) is 67.0 Å². The Labute approximate surface area is 207 Å². The van der Waals surface area contributed by atoms with E-state index in [1.54, 1.807) is 0 Å². The highest BCUT2D eigenvalue weighted by molar-refractivity contribution is 5.76. The monoisotopic (exact) mass is 485 g/mol. The highest BCUT2D eigenvalue weighted by atomic mass is 16.4. The van der Waals surface area contributed by atoms with E-state index in [2.05, 4.69) is 34.5 Å². The zero-order valence-corrected chi connectivity index (χ0v) is 20.2. The molecular weight excluding hydrogens is 446 g/mol. The number of carbonyl (C=O) groups is 2. The third kappa shape index (κ3) is 10.0. The fraction of sp³-hybridized carbons (Fsp3) is 0.462. The van der Waals surface area contributed by atoms with Crippen LogP contribution in [0, 0.1) is 0 Å². The summed E-state index contributed by atoms with van der Waals surface area (Å²) in [4.78, 5) is 23.6. The van der Waals surface area contributed by atoms with Crippen molar-refractivity contribution in [3.63, 3.8) is 0 Å². The van der Waals surface area contributed by atoms with Gasteiger partial charge in [0.2, 0.25) is 0 Å². The Morgan fingerprint density at radius 1 is 1.00 bits per heavy atom. The first-order valence-corrected chi connectivity index (χ1v) is 12.1. The molecule has 1 heterocycles. The van der Waals surface area contributed by atoms with Gasteiger partial charge in [-0.15, -0.1) is 0 Å². The molecule has 9 heteroatoms. The van der Waals surface area contributed by atoms with E-state index in [1.165, 1.54) is 5.69 Å². The molecule has 1 aliphatic rings. The van der Waals surface area contributed by atoms with Crippen molar-refractivity contribution in [1.29, 1.82) is 0 Å². The molecule has 1 saturated heterocycles. The van der Waals surface area contributed by atoms with Crippen molar-refractivity contribution < 1.29 is 19.8 Å². The number of benzene rings is 2. The Morgan fingerprint density at radius 3 is 2.37 bits per heavy atom. The van der Waals surface area contributed by atoms with Crippen molar-refractivity contribution >= 4 is 17.6 Å². The number of unbranched alkanes of at least 4 members (excludes halogenated alkanes) is 1. The second-order valence-electron chi connectivity index (χ2n) is 8.74. The molecule has 0 saturated carbocycles. The SMILES string of the molecule is NC(Cc1ccccc1-c1cccc(N2CCNCC2)c1)C(=O)O.NCCCCC(N)CC(=O)O. The van der Waals surface area contributed by atoms with E-state index >= 15 is 0 Å². The van der Waals surface area contributed by atoms with E-state index in [4.69, 9.17) is 27.4 Å². The van der Waals surface area contributed by atoms with Crippen molar-refractivity contribution in [1.82, 2.24) is 5.32 Å². The number of anilines is 1. The Morgan fingerprint density at radius 2 is 1.71 bits per heavy atom. The molecule has 9 N–H and O–H groups in total. The summed E-state index contributed by atoms with van der Waals surface area (Å²) in [5, 5.41) is 20.8. The number of piperazine rings is 1. The number of aliphatic carboxylic acids is 2. The van der Waals surface area contributed by atoms with Gasteiger partial charge in [-0.2, -0.15) is 0 Å². The molecular formula is C26H39N5O4. The van der Waals surface area contributed by atoms with Crippen molar-refractivity contribution in [2.24, 2.45) is 17.2 Å². The lowest BCUT2D eigenvalue weighted by atomic mass is 9.95. The van der Waals surface area contributed by atoms with Gasteiger partial charge in [0, 0.05) is 37.9 Å².